The maximum Gasteiger partial charge on any atom is 0.408 e. The van der Waals surface area contributed by atoms with E-state index in [1.54, 1.807) is 32.6 Å². The maximum absolute atomic E-state index is 13.4. The summed E-state index contributed by atoms with van der Waals surface area (Å²) in [6.45, 7) is 16.2. The van der Waals surface area contributed by atoms with Gasteiger partial charge in [-0.3, -0.25) is 9.59 Å². The summed E-state index contributed by atoms with van der Waals surface area (Å²) in [5.41, 5.74) is -1.02. The van der Waals surface area contributed by atoms with Crippen LogP contribution in [0.5, 0.6) is 0 Å². The summed E-state index contributed by atoms with van der Waals surface area (Å²) in [6.07, 6.45) is 2.30. The maximum atomic E-state index is 13.4. The van der Waals surface area contributed by atoms with Crippen molar-refractivity contribution < 1.29 is 23.9 Å². The van der Waals surface area contributed by atoms with Gasteiger partial charge in [0.2, 0.25) is 5.91 Å². The van der Waals surface area contributed by atoms with E-state index in [9.17, 15) is 14.4 Å². The lowest BCUT2D eigenvalue weighted by Gasteiger charge is -2.65. The molecule has 0 aromatic heterocycles. The van der Waals surface area contributed by atoms with E-state index >= 15 is 0 Å². The molecule has 1 aliphatic heterocycles. The lowest BCUT2D eigenvalue weighted by atomic mass is 9.38. The first kappa shape index (κ1) is 23.9. The zero-order valence-corrected chi connectivity index (χ0v) is 20.4. The largest absolute Gasteiger partial charge is 0.444 e. The molecule has 5 unspecified atom stereocenters. The van der Waals surface area contributed by atoms with Gasteiger partial charge in [-0.2, -0.15) is 0 Å². The lowest BCUT2D eigenvalue weighted by molar-refractivity contribution is -0.215. The Morgan fingerprint density at radius 3 is 2.35 bits per heavy atom. The number of rotatable bonds is 4. The highest BCUT2D eigenvalue weighted by atomic mass is 16.6. The van der Waals surface area contributed by atoms with E-state index in [1.807, 2.05) is 0 Å². The van der Waals surface area contributed by atoms with E-state index < -0.39 is 29.4 Å². The third kappa shape index (κ3) is 4.29. The number of ether oxygens (including phenoxy) is 2. The Kier molecular flexibility index (Phi) is 6.13. The summed E-state index contributed by atoms with van der Waals surface area (Å²) in [6, 6.07) is -0.760. The Morgan fingerprint density at radius 1 is 1.13 bits per heavy atom. The molecule has 2 bridgehead atoms. The minimum Gasteiger partial charge on any atom is -0.444 e. The van der Waals surface area contributed by atoms with Crippen molar-refractivity contribution in [3.63, 3.8) is 0 Å². The van der Waals surface area contributed by atoms with Crippen molar-refractivity contribution in [2.75, 3.05) is 6.54 Å². The molecule has 6 atom stereocenters. The van der Waals surface area contributed by atoms with Gasteiger partial charge >= 0.3 is 12.1 Å². The van der Waals surface area contributed by atoms with Crippen molar-refractivity contribution in [3.05, 3.63) is 0 Å². The van der Waals surface area contributed by atoms with Gasteiger partial charge in [0, 0.05) is 13.0 Å². The molecule has 2 amide bonds. The molecule has 176 valence electrons. The van der Waals surface area contributed by atoms with E-state index in [0.717, 1.165) is 19.3 Å². The fraction of sp³-hybridized carbons (Fsp3) is 0.875. The standard InChI is InChI=1S/C24H40N2O5/c1-14-12-16-13-17(23(16,6)7)24(14,8)20(28)30-18-10-9-11-26(18)19(27)15(2)25-21(29)31-22(3,4)5/h14-18H,9-13H2,1-8H3,(H,25,29)/t14?,15-,16?,17?,18?,24?/m1/s1. The minimum atomic E-state index is -0.760. The van der Waals surface area contributed by atoms with Crippen LogP contribution in [-0.4, -0.2) is 47.3 Å². The molecular weight excluding hydrogens is 396 g/mol. The number of carbonyl (C=O) groups is 3. The van der Waals surface area contributed by atoms with Crippen LogP contribution in [0.4, 0.5) is 4.79 Å². The molecular formula is C24H40N2O5. The van der Waals surface area contributed by atoms with Crippen molar-refractivity contribution in [1.29, 1.82) is 0 Å². The quantitative estimate of drug-likeness (QED) is 0.671. The Labute approximate surface area is 186 Å². The van der Waals surface area contributed by atoms with Crippen LogP contribution in [0, 0.1) is 28.6 Å². The topological polar surface area (TPSA) is 84.9 Å². The van der Waals surface area contributed by atoms with Crippen LogP contribution < -0.4 is 5.32 Å². The number of alkyl carbamates (subject to hydrolysis) is 1. The predicted octanol–water partition coefficient (Wildman–Crippen LogP) is 4.10. The van der Waals surface area contributed by atoms with Gasteiger partial charge in [0.05, 0.1) is 5.41 Å². The van der Waals surface area contributed by atoms with Gasteiger partial charge in [-0.25, -0.2) is 4.79 Å². The average molecular weight is 437 g/mol. The fourth-order valence-electron chi connectivity index (χ4n) is 5.95. The molecule has 3 saturated carbocycles. The molecule has 0 aromatic rings. The van der Waals surface area contributed by atoms with E-state index in [-0.39, 0.29) is 23.2 Å². The molecule has 0 aromatic carbocycles. The molecule has 4 aliphatic rings. The number of amides is 2. The van der Waals surface area contributed by atoms with Crippen molar-refractivity contribution in [3.8, 4) is 0 Å². The molecule has 3 aliphatic carbocycles. The van der Waals surface area contributed by atoms with Crippen molar-refractivity contribution in [2.45, 2.75) is 98.9 Å². The number of esters is 1. The Bertz CT molecular complexity index is 743. The van der Waals surface area contributed by atoms with Gasteiger partial charge in [-0.1, -0.05) is 20.8 Å². The normalized spacial score (nSPS) is 35.0. The number of nitrogens with one attached hydrogen (secondary N) is 1. The Morgan fingerprint density at radius 2 is 1.77 bits per heavy atom. The van der Waals surface area contributed by atoms with Crippen LogP contribution in [0.3, 0.4) is 0 Å². The van der Waals surface area contributed by atoms with Crippen molar-refractivity contribution in [1.82, 2.24) is 10.2 Å². The number of carbonyl (C=O) groups excluding carboxylic acids is 3. The molecule has 1 heterocycles. The fourth-order valence-corrected chi connectivity index (χ4v) is 5.95. The highest BCUT2D eigenvalue weighted by Crippen LogP contribution is 2.68. The highest BCUT2D eigenvalue weighted by molar-refractivity contribution is 5.86. The number of nitrogens with zero attached hydrogens (tertiary/aromatic N) is 1. The van der Waals surface area contributed by atoms with Crippen LogP contribution in [0.15, 0.2) is 0 Å². The number of likely N-dealkylation sites (tertiary alicyclic amines) is 1. The molecule has 0 spiro atoms. The molecule has 4 fully saturated rings. The van der Waals surface area contributed by atoms with E-state index in [1.165, 1.54) is 0 Å². The molecule has 0 radical (unpaired) electrons. The Balaban J connectivity index is 1.64. The SMILES string of the molecule is CC1CC2CC(C2(C)C)C1(C)C(=O)OC1CCCN1C(=O)[C@@H](C)NC(=O)OC(C)(C)C. The van der Waals surface area contributed by atoms with Gasteiger partial charge in [-0.05, 0) is 77.0 Å². The minimum absolute atomic E-state index is 0.150. The van der Waals surface area contributed by atoms with Crippen molar-refractivity contribution >= 4 is 18.0 Å². The molecule has 31 heavy (non-hydrogen) atoms. The van der Waals surface area contributed by atoms with Crippen LogP contribution in [0.1, 0.15) is 81.1 Å². The number of hydrogen-bond acceptors (Lipinski definition) is 5. The van der Waals surface area contributed by atoms with Crippen molar-refractivity contribution in [2.24, 2.45) is 28.6 Å². The summed E-state index contributed by atoms with van der Waals surface area (Å²) in [7, 11) is 0. The highest BCUT2D eigenvalue weighted by Gasteiger charge is 2.65. The average Bonchev–Trinajstić information content (AvgIpc) is 3.08. The second kappa shape index (κ2) is 7.96. The first-order valence-electron chi connectivity index (χ1n) is 11.7. The van der Waals surface area contributed by atoms with Gasteiger partial charge in [-0.15, -0.1) is 0 Å². The van der Waals surface area contributed by atoms with Crippen LogP contribution >= 0.6 is 0 Å². The van der Waals surface area contributed by atoms with Crippen LogP contribution in [0.25, 0.3) is 0 Å². The Hall–Kier alpha value is -1.79. The number of hydrogen-bond donors (Lipinski definition) is 1. The summed E-state index contributed by atoms with van der Waals surface area (Å²) in [4.78, 5) is 40.1. The van der Waals surface area contributed by atoms with E-state index in [2.05, 4.69) is 33.0 Å². The van der Waals surface area contributed by atoms with Gasteiger partial charge in [0.25, 0.3) is 0 Å². The molecule has 1 N–H and O–H groups in total. The smallest absolute Gasteiger partial charge is 0.408 e. The first-order chi connectivity index (χ1) is 14.2. The monoisotopic (exact) mass is 436 g/mol. The summed E-state index contributed by atoms with van der Waals surface area (Å²) in [5, 5.41) is 2.60. The zero-order chi connectivity index (χ0) is 23.4. The summed E-state index contributed by atoms with van der Waals surface area (Å²) >= 11 is 0. The van der Waals surface area contributed by atoms with Gasteiger partial charge in [0.1, 0.15) is 11.6 Å². The van der Waals surface area contributed by atoms with E-state index in [4.69, 9.17) is 9.47 Å². The summed E-state index contributed by atoms with van der Waals surface area (Å²) < 4.78 is 11.3. The van der Waals surface area contributed by atoms with E-state index in [0.29, 0.717) is 24.8 Å². The molecule has 4 rings (SSSR count). The van der Waals surface area contributed by atoms with Gasteiger partial charge < -0.3 is 19.7 Å². The zero-order valence-electron chi connectivity index (χ0n) is 20.4. The number of fused-ring (bicyclic) bond motifs is 2. The predicted molar refractivity (Wildman–Crippen MR) is 117 cm³/mol. The third-order valence-corrected chi connectivity index (χ3v) is 8.12. The summed E-state index contributed by atoms with van der Waals surface area (Å²) in [5.74, 6) is 0.799. The van der Waals surface area contributed by atoms with Crippen LogP contribution in [0.2, 0.25) is 0 Å². The molecule has 7 nitrogen and oxygen atoms in total. The van der Waals surface area contributed by atoms with Crippen LogP contribution in [-0.2, 0) is 19.1 Å². The third-order valence-electron chi connectivity index (χ3n) is 8.12. The van der Waals surface area contributed by atoms with Gasteiger partial charge in [0.15, 0.2) is 6.23 Å². The second-order valence-electron chi connectivity index (χ2n) is 11.6. The lowest BCUT2D eigenvalue weighted by Crippen LogP contribution is -2.63. The second-order valence-corrected chi connectivity index (χ2v) is 11.6. The molecule has 1 saturated heterocycles. The first-order valence-corrected chi connectivity index (χ1v) is 11.7. The molecule has 7 heteroatoms.